The van der Waals surface area contributed by atoms with E-state index in [4.69, 9.17) is 14.3 Å². The molecule has 0 N–H and O–H groups in total. The van der Waals surface area contributed by atoms with E-state index in [1.54, 1.807) is 12.0 Å². The molecule has 0 saturated carbocycles. The van der Waals surface area contributed by atoms with Crippen molar-refractivity contribution in [3.63, 3.8) is 0 Å². The van der Waals surface area contributed by atoms with Crippen LogP contribution in [0.3, 0.4) is 0 Å². The Hall–Kier alpha value is -1.14. The number of esters is 2. The minimum absolute atomic E-state index is 0.112. The minimum Gasteiger partial charge on any atom is -0.469 e. The lowest BCUT2D eigenvalue weighted by Gasteiger charge is -2.25. The summed E-state index contributed by atoms with van der Waals surface area (Å²) in [6, 6.07) is -0.112. The summed E-state index contributed by atoms with van der Waals surface area (Å²) in [7, 11) is 2.63. The Morgan fingerprint density at radius 3 is 2.58 bits per heavy atom. The molecule has 2 rings (SSSR count). The molecule has 2 saturated heterocycles. The average Bonchev–Trinajstić information content (AvgIpc) is 2.55. The number of carbonyl (C=O) groups is 2. The summed E-state index contributed by atoms with van der Waals surface area (Å²) in [4.78, 5) is 29.9. The number of ether oxygens (including phenoxy) is 2. The molecule has 6 heteroatoms. The second-order valence-electron chi connectivity index (χ2n) is 5.25. The Balaban J connectivity index is 2.33. The number of hydrogen-bond acceptors (Lipinski definition) is 6. The van der Waals surface area contributed by atoms with Gasteiger partial charge in [0.05, 0.1) is 20.3 Å². The number of nitrogens with zero attached hydrogens (tertiary/aromatic N) is 1. The van der Waals surface area contributed by atoms with Crippen molar-refractivity contribution in [3.05, 3.63) is 0 Å². The summed E-state index contributed by atoms with van der Waals surface area (Å²) in [5, 5.41) is 1.77. The predicted molar refractivity (Wildman–Crippen MR) is 66.0 cm³/mol. The van der Waals surface area contributed by atoms with Gasteiger partial charge in [0.2, 0.25) is 0 Å². The summed E-state index contributed by atoms with van der Waals surface area (Å²) in [5.74, 6) is -1.58. The molecule has 0 aromatic rings. The molecule has 0 aliphatic carbocycles. The smallest absolute Gasteiger partial charge is 0.340 e. The highest BCUT2D eigenvalue weighted by molar-refractivity contribution is 5.88. The first-order chi connectivity index (χ1) is 9.04. The molecule has 19 heavy (non-hydrogen) atoms. The zero-order valence-corrected chi connectivity index (χ0v) is 11.7. The maximum absolute atomic E-state index is 12.1. The largest absolute Gasteiger partial charge is 0.469 e. The first-order valence-electron chi connectivity index (χ1n) is 6.66. The SMILES string of the molecule is COC(=O)[C@H]1[C@@H]2CCCCCN2O[C@]1(C)C(=O)OC. The van der Waals surface area contributed by atoms with E-state index in [9.17, 15) is 9.59 Å². The average molecular weight is 271 g/mol. The zero-order valence-electron chi connectivity index (χ0n) is 11.7. The molecule has 0 aromatic heterocycles. The molecule has 0 spiro atoms. The van der Waals surface area contributed by atoms with E-state index in [-0.39, 0.29) is 6.04 Å². The molecule has 6 nitrogen and oxygen atoms in total. The van der Waals surface area contributed by atoms with Gasteiger partial charge < -0.3 is 9.47 Å². The molecule has 2 aliphatic rings. The molecule has 0 amide bonds. The fourth-order valence-electron chi connectivity index (χ4n) is 3.10. The van der Waals surface area contributed by atoms with E-state index in [2.05, 4.69) is 0 Å². The van der Waals surface area contributed by atoms with E-state index in [0.717, 1.165) is 32.2 Å². The molecule has 2 heterocycles. The van der Waals surface area contributed by atoms with Crippen LogP contribution in [0.2, 0.25) is 0 Å². The van der Waals surface area contributed by atoms with Crippen molar-refractivity contribution < 1.29 is 23.9 Å². The van der Waals surface area contributed by atoms with Crippen LogP contribution in [0.1, 0.15) is 32.6 Å². The van der Waals surface area contributed by atoms with Crippen LogP contribution < -0.4 is 0 Å². The maximum Gasteiger partial charge on any atom is 0.340 e. The van der Waals surface area contributed by atoms with Crippen molar-refractivity contribution in [1.82, 2.24) is 5.06 Å². The first-order valence-corrected chi connectivity index (χ1v) is 6.66. The van der Waals surface area contributed by atoms with E-state index in [1.165, 1.54) is 14.2 Å². The molecule has 0 unspecified atom stereocenters. The zero-order chi connectivity index (χ0) is 14.0. The summed E-state index contributed by atoms with van der Waals surface area (Å²) in [6.45, 7) is 2.33. The van der Waals surface area contributed by atoms with Gasteiger partial charge in [0.15, 0.2) is 5.60 Å². The lowest BCUT2D eigenvalue weighted by Crippen LogP contribution is -2.48. The Bertz CT molecular complexity index is 372. The molecular weight excluding hydrogens is 250 g/mol. The van der Waals surface area contributed by atoms with E-state index < -0.39 is 23.5 Å². The van der Waals surface area contributed by atoms with Crippen molar-refractivity contribution in [2.24, 2.45) is 5.92 Å². The highest BCUT2D eigenvalue weighted by atomic mass is 16.7. The maximum atomic E-state index is 12.1. The number of methoxy groups -OCH3 is 2. The molecule has 0 bridgehead atoms. The Morgan fingerprint density at radius 2 is 1.95 bits per heavy atom. The van der Waals surface area contributed by atoms with Crippen LogP contribution in [0, 0.1) is 5.92 Å². The van der Waals surface area contributed by atoms with Crippen LogP contribution in [-0.2, 0) is 23.9 Å². The second-order valence-corrected chi connectivity index (χ2v) is 5.25. The minimum atomic E-state index is -1.29. The number of carbonyl (C=O) groups excluding carboxylic acids is 2. The van der Waals surface area contributed by atoms with E-state index >= 15 is 0 Å². The van der Waals surface area contributed by atoms with Crippen LogP contribution in [0.25, 0.3) is 0 Å². The van der Waals surface area contributed by atoms with E-state index in [0.29, 0.717) is 0 Å². The van der Waals surface area contributed by atoms with Gasteiger partial charge in [-0.05, 0) is 19.8 Å². The lowest BCUT2D eigenvalue weighted by atomic mass is 9.82. The van der Waals surface area contributed by atoms with Crippen molar-refractivity contribution in [3.8, 4) is 0 Å². The molecule has 0 aromatic carbocycles. The summed E-state index contributed by atoms with van der Waals surface area (Å²) in [6.07, 6.45) is 3.96. The fourth-order valence-corrected chi connectivity index (χ4v) is 3.10. The fraction of sp³-hybridized carbons (Fsp3) is 0.846. The molecule has 2 aliphatic heterocycles. The standard InChI is InChI=1S/C13H21NO5/c1-13(12(16)18-3)10(11(15)17-2)9-7-5-4-6-8-14(9)19-13/h9-10H,4-8H2,1-3H3/t9-,10+,13-/m0/s1. The third kappa shape index (κ3) is 2.34. The number of rotatable bonds is 2. The Labute approximate surface area is 112 Å². The monoisotopic (exact) mass is 271 g/mol. The van der Waals surface area contributed by atoms with Crippen LogP contribution in [0.15, 0.2) is 0 Å². The van der Waals surface area contributed by atoms with Gasteiger partial charge in [-0.15, -0.1) is 0 Å². The van der Waals surface area contributed by atoms with Crippen LogP contribution >= 0.6 is 0 Å². The summed E-state index contributed by atoms with van der Waals surface area (Å²) < 4.78 is 9.66. The molecule has 3 atom stereocenters. The van der Waals surface area contributed by atoms with Gasteiger partial charge in [0, 0.05) is 6.54 Å². The molecular formula is C13H21NO5. The van der Waals surface area contributed by atoms with Crippen molar-refractivity contribution >= 4 is 11.9 Å². The number of fused-ring (bicyclic) bond motifs is 1. The highest BCUT2D eigenvalue weighted by Crippen LogP contribution is 2.41. The topological polar surface area (TPSA) is 65.1 Å². The Morgan fingerprint density at radius 1 is 1.21 bits per heavy atom. The lowest BCUT2D eigenvalue weighted by molar-refractivity contribution is -0.217. The van der Waals surface area contributed by atoms with Crippen molar-refractivity contribution in [2.45, 2.75) is 44.2 Å². The Kier molecular flexibility index (Phi) is 4.10. The highest BCUT2D eigenvalue weighted by Gasteiger charge is 2.60. The van der Waals surface area contributed by atoms with E-state index in [1.807, 2.05) is 0 Å². The quantitative estimate of drug-likeness (QED) is 0.695. The summed E-state index contributed by atoms with van der Waals surface area (Å²) >= 11 is 0. The van der Waals surface area contributed by atoms with Crippen molar-refractivity contribution in [2.75, 3.05) is 20.8 Å². The van der Waals surface area contributed by atoms with Crippen LogP contribution in [0.4, 0.5) is 0 Å². The van der Waals surface area contributed by atoms with Gasteiger partial charge in [-0.2, -0.15) is 5.06 Å². The van der Waals surface area contributed by atoms with Gasteiger partial charge in [0.25, 0.3) is 0 Å². The van der Waals surface area contributed by atoms with Gasteiger partial charge in [0.1, 0.15) is 5.92 Å². The summed E-state index contributed by atoms with van der Waals surface area (Å²) in [5.41, 5.74) is -1.29. The number of hydroxylamine groups is 2. The second kappa shape index (κ2) is 5.46. The third-order valence-corrected chi connectivity index (χ3v) is 4.08. The molecule has 0 radical (unpaired) electrons. The van der Waals surface area contributed by atoms with Crippen molar-refractivity contribution in [1.29, 1.82) is 0 Å². The first kappa shape index (κ1) is 14.3. The van der Waals surface area contributed by atoms with Gasteiger partial charge in [-0.3, -0.25) is 9.63 Å². The van der Waals surface area contributed by atoms with Gasteiger partial charge in [-0.25, -0.2) is 4.79 Å². The predicted octanol–water partition coefficient (Wildman–Crippen LogP) is 0.897. The molecule has 2 fully saturated rings. The van der Waals surface area contributed by atoms with Crippen LogP contribution in [-0.4, -0.2) is 49.4 Å². The molecule has 108 valence electrons. The third-order valence-electron chi connectivity index (χ3n) is 4.08. The van der Waals surface area contributed by atoms with Gasteiger partial charge in [-0.1, -0.05) is 12.8 Å². The number of hydrogen-bond donors (Lipinski definition) is 0. The van der Waals surface area contributed by atoms with Crippen LogP contribution in [0.5, 0.6) is 0 Å². The van der Waals surface area contributed by atoms with Gasteiger partial charge >= 0.3 is 11.9 Å². The normalized spacial score (nSPS) is 35.3.